The molecular formula is C12H7F3INO2S. The van der Waals surface area contributed by atoms with Gasteiger partial charge < -0.3 is 0 Å². The van der Waals surface area contributed by atoms with Crippen molar-refractivity contribution >= 4 is 38.3 Å². The van der Waals surface area contributed by atoms with Gasteiger partial charge >= 0.3 is 0 Å². The highest BCUT2D eigenvalue weighted by molar-refractivity contribution is 14.1. The second-order valence-electron chi connectivity index (χ2n) is 3.76. The van der Waals surface area contributed by atoms with Gasteiger partial charge in [-0.2, -0.15) is 0 Å². The number of para-hydroxylation sites is 1. The van der Waals surface area contributed by atoms with Gasteiger partial charge in [-0.25, -0.2) is 21.6 Å². The van der Waals surface area contributed by atoms with Crippen molar-refractivity contribution in [2.45, 2.75) is 4.90 Å². The van der Waals surface area contributed by atoms with Crippen LogP contribution in [0.15, 0.2) is 41.3 Å². The van der Waals surface area contributed by atoms with Crippen molar-refractivity contribution in [3.63, 3.8) is 0 Å². The van der Waals surface area contributed by atoms with Gasteiger partial charge in [-0.05, 0) is 46.9 Å². The fourth-order valence-corrected chi connectivity index (χ4v) is 3.31. The molecule has 0 aromatic heterocycles. The molecule has 0 amide bonds. The molecule has 2 rings (SSSR count). The molecule has 0 heterocycles. The predicted octanol–water partition coefficient (Wildman–Crippen LogP) is 3.51. The summed E-state index contributed by atoms with van der Waals surface area (Å²) >= 11 is 1.89. The quantitative estimate of drug-likeness (QED) is 0.619. The van der Waals surface area contributed by atoms with Gasteiger partial charge in [-0.1, -0.05) is 12.1 Å². The zero-order chi connectivity index (χ0) is 14.9. The Morgan fingerprint density at radius 2 is 1.60 bits per heavy atom. The van der Waals surface area contributed by atoms with Gasteiger partial charge in [0, 0.05) is 3.57 Å². The van der Waals surface area contributed by atoms with Gasteiger partial charge in [0.1, 0.15) is 4.90 Å². The summed E-state index contributed by atoms with van der Waals surface area (Å²) in [7, 11) is -4.34. The predicted molar refractivity (Wildman–Crippen MR) is 76.3 cm³/mol. The first-order valence-corrected chi connectivity index (χ1v) is 7.80. The Bertz CT molecular complexity index is 765. The number of anilines is 1. The number of sulfonamides is 1. The summed E-state index contributed by atoms with van der Waals surface area (Å²) in [6.45, 7) is 0. The lowest BCUT2D eigenvalue weighted by Crippen LogP contribution is -2.16. The van der Waals surface area contributed by atoms with Crippen LogP contribution in [0, 0.1) is 21.0 Å². The third kappa shape index (κ3) is 2.90. The molecule has 106 valence electrons. The van der Waals surface area contributed by atoms with Crippen molar-refractivity contribution in [3.05, 3.63) is 57.4 Å². The van der Waals surface area contributed by atoms with E-state index < -0.39 is 32.4 Å². The van der Waals surface area contributed by atoms with Crippen LogP contribution in [0.5, 0.6) is 0 Å². The standard InChI is InChI=1S/C12H7F3INO2S/c13-7-5-6-10(12(15)11(7)14)20(18,19)17-9-4-2-1-3-8(9)16/h1-6,17H. The smallest absolute Gasteiger partial charge is 0.264 e. The van der Waals surface area contributed by atoms with Crippen molar-refractivity contribution in [1.82, 2.24) is 0 Å². The zero-order valence-electron chi connectivity index (χ0n) is 9.70. The molecule has 0 spiro atoms. The minimum Gasteiger partial charge on any atom is -0.278 e. The van der Waals surface area contributed by atoms with Gasteiger partial charge in [-0.3, -0.25) is 4.72 Å². The molecule has 8 heteroatoms. The summed E-state index contributed by atoms with van der Waals surface area (Å²) < 4.78 is 66.1. The molecule has 0 saturated heterocycles. The number of nitrogens with one attached hydrogen (secondary N) is 1. The average molecular weight is 413 g/mol. The minimum atomic E-state index is -4.34. The molecule has 0 aliphatic carbocycles. The molecule has 2 aromatic carbocycles. The summed E-state index contributed by atoms with van der Waals surface area (Å²) in [5.41, 5.74) is 0.220. The summed E-state index contributed by atoms with van der Waals surface area (Å²) in [6, 6.07) is 7.62. The minimum absolute atomic E-state index is 0.220. The van der Waals surface area contributed by atoms with Gasteiger partial charge in [-0.15, -0.1) is 0 Å². The Morgan fingerprint density at radius 3 is 2.25 bits per heavy atom. The molecule has 20 heavy (non-hydrogen) atoms. The van der Waals surface area contributed by atoms with Gasteiger partial charge in [0.05, 0.1) is 5.69 Å². The number of benzene rings is 2. The molecule has 2 aromatic rings. The van der Waals surface area contributed by atoms with E-state index in [0.717, 1.165) is 0 Å². The zero-order valence-corrected chi connectivity index (χ0v) is 12.7. The maximum Gasteiger partial charge on any atom is 0.264 e. The molecular weight excluding hydrogens is 406 g/mol. The van der Waals surface area contributed by atoms with Crippen LogP contribution >= 0.6 is 22.6 Å². The molecule has 1 N–H and O–H groups in total. The fourth-order valence-electron chi connectivity index (χ4n) is 1.46. The van der Waals surface area contributed by atoms with Crippen LogP contribution in [0.4, 0.5) is 18.9 Å². The van der Waals surface area contributed by atoms with Crippen LogP contribution in [0.2, 0.25) is 0 Å². The van der Waals surface area contributed by atoms with E-state index in [0.29, 0.717) is 15.7 Å². The molecule has 0 aliphatic heterocycles. The molecule has 0 atom stereocenters. The first-order chi connectivity index (χ1) is 9.33. The van der Waals surface area contributed by atoms with E-state index in [-0.39, 0.29) is 5.69 Å². The maximum atomic E-state index is 13.5. The van der Waals surface area contributed by atoms with E-state index in [1.165, 1.54) is 6.07 Å². The normalized spacial score (nSPS) is 11.4. The molecule has 3 nitrogen and oxygen atoms in total. The van der Waals surface area contributed by atoms with E-state index in [1.54, 1.807) is 18.2 Å². The maximum absolute atomic E-state index is 13.5. The van der Waals surface area contributed by atoms with Crippen LogP contribution in [0.25, 0.3) is 0 Å². The van der Waals surface area contributed by atoms with Crippen LogP contribution in [0.3, 0.4) is 0 Å². The Labute approximate surface area is 127 Å². The highest BCUT2D eigenvalue weighted by Crippen LogP contribution is 2.24. The number of hydrogen-bond donors (Lipinski definition) is 1. The Balaban J connectivity index is 2.47. The second kappa shape index (κ2) is 5.60. The molecule has 0 radical (unpaired) electrons. The molecule has 0 aliphatic rings. The number of hydrogen-bond acceptors (Lipinski definition) is 2. The van der Waals surface area contributed by atoms with E-state index in [4.69, 9.17) is 0 Å². The van der Waals surface area contributed by atoms with Crippen molar-refractivity contribution in [3.8, 4) is 0 Å². The monoisotopic (exact) mass is 413 g/mol. The van der Waals surface area contributed by atoms with Crippen LogP contribution in [-0.4, -0.2) is 8.42 Å². The molecule has 0 bridgehead atoms. The molecule has 0 fully saturated rings. The average Bonchev–Trinajstić information content (AvgIpc) is 2.38. The van der Waals surface area contributed by atoms with E-state index >= 15 is 0 Å². The molecule has 0 saturated carbocycles. The van der Waals surface area contributed by atoms with E-state index in [9.17, 15) is 21.6 Å². The first kappa shape index (κ1) is 15.1. The van der Waals surface area contributed by atoms with Crippen LogP contribution in [0.1, 0.15) is 0 Å². The van der Waals surface area contributed by atoms with Crippen molar-refractivity contribution in [1.29, 1.82) is 0 Å². The van der Waals surface area contributed by atoms with Gasteiger partial charge in [0.15, 0.2) is 17.5 Å². The highest BCUT2D eigenvalue weighted by atomic mass is 127. The Hall–Kier alpha value is -1.29. The summed E-state index contributed by atoms with van der Waals surface area (Å²) in [5.74, 6) is -5.02. The van der Waals surface area contributed by atoms with Crippen LogP contribution < -0.4 is 4.72 Å². The Kier molecular flexibility index (Phi) is 4.23. The first-order valence-electron chi connectivity index (χ1n) is 5.24. The number of rotatable bonds is 3. The lowest BCUT2D eigenvalue weighted by molar-refractivity contribution is 0.432. The van der Waals surface area contributed by atoms with E-state index in [1.807, 2.05) is 22.6 Å². The van der Waals surface area contributed by atoms with E-state index in [2.05, 4.69) is 4.72 Å². The highest BCUT2D eigenvalue weighted by Gasteiger charge is 2.24. The van der Waals surface area contributed by atoms with Gasteiger partial charge in [0.25, 0.3) is 10.0 Å². The molecule has 0 unspecified atom stereocenters. The second-order valence-corrected chi connectivity index (χ2v) is 6.57. The van der Waals surface area contributed by atoms with Crippen LogP contribution in [-0.2, 0) is 10.0 Å². The summed E-state index contributed by atoms with van der Waals surface area (Å²) in [6.07, 6.45) is 0. The summed E-state index contributed by atoms with van der Waals surface area (Å²) in [5, 5.41) is 0. The van der Waals surface area contributed by atoms with Crippen molar-refractivity contribution in [2.75, 3.05) is 4.72 Å². The topological polar surface area (TPSA) is 46.2 Å². The SMILES string of the molecule is O=S(=O)(Nc1ccccc1I)c1ccc(F)c(F)c1F. The lowest BCUT2D eigenvalue weighted by atomic mass is 10.3. The number of halogens is 4. The lowest BCUT2D eigenvalue weighted by Gasteiger charge is -2.10. The third-order valence-electron chi connectivity index (χ3n) is 2.41. The fraction of sp³-hybridized carbons (Fsp3) is 0. The van der Waals surface area contributed by atoms with Crippen molar-refractivity contribution < 1.29 is 21.6 Å². The third-order valence-corrected chi connectivity index (χ3v) is 4.73. The summed E-state index contributed by atoms with van der Waals surface area (Å²) in [4.78, 5) is -0.948. The largest absolute Gasteiger partial charge is 0.278 e. The van der Waals surface area contributed by atoms with Crippen molar-refractivity contribution in [2.24, 2.45) is 0 Å². The van der Waals surface area contributed by atoms with Gasteiger partial charge in [0.2, 0.25) is 0 Å². The Morgan fingerprint density at radius 1 is 0.950 bits per heavy atom.